The minimum atomic E-state index is 0.329. The molecule has 1 saturated carbocycles. The summed E-state index contributed by atoms with van der Waals surface area (Å²) in [6, 6.07) is 8.24. The largest absolute Gasteiger partial charge is 0.489 e. The lowest BCUT2D eigenvalue weighted by Crippen LogP contribution is -2.34. The van der Waals surface area contributed by atoms with Crippen LogP contribution >= 0.6 is 0 Å². The van der Waals surface area contributed by atoms with Gasteiger partial charge in [-0.2, -0.15) is 0 Å². The zero-order valence-electron chi connectivity index (χ0n) is 13.2. The highest BCUT2D eigenvalue weighted by molar-refractivity contribution is 6.10. The molecule has 1 N–H and O–H groups in total. The fourth-order valence-electron chi connectivity index (χ4n) is 3.60. The van der Waals surface area contributed by atoms with Gasteiger partial charge in [-0.05, 0) is 43.9 Å². The summed E-state index contributed by atoms with van der Waals surface area (Å²) in [5, 5.41) is 3.52. The van der Waals surface area contributed by atoms with Crippen LogP contribution in [0.1, 0.15) is 25.3 Å². The quantitative estimate of drug-likeness (QED) is 0.841. The molecule has 0 radical (unpaired) electrons. The van der Waals surface area contributed by atoms with Crippen molar-refractivity contribution in [2.75, 3.05) is 13.1 Å². The molecule has 116 valence electrons. The van der Waals surface area contributed by atoms with Crippen molar-refractivity contribution in [2.45, 2.75) is 25.9 Å². The Bertz CT molecular complexity index is 591. The Morgan fingerprint density at radius 3 is 2.95 bits per heavy atom. The van der Waals surface area contributed by atoms with Crippen molar-refractivity contribution >= 4 is 11.8 Å². The molecule has 0 spiro atoms. The molecule has 1 aromatic carbocycles. The Morgan fingerprint density at radius 2 is 2.18 bits per heavy atom. The van der Waals surface area contributed by atoms with Crippen molar-refractivity contribution in [1.29, 1.82) is 0 Å². The predicted molar refractivity (Wildman–Crippen MR) is 92.3 cm³/mol. The molecule has 3 atom stereocenters. The molecule has 2 bridgehead atoms. The highest BCUT2D eigenvalue weighted by atomic mass is 16.5. The maximum absolute atomic E-state index is 6.41. The lowest BCUT2D eigenvalue weighted by molar-refractivity contribution is 0.160. The molecule has 22 heavy (non-hydrogen) atoms. The summed E-state index contributed by atoms with van der Waals surface area (Å²) in [7, 11) is 0. The summed E-state index contributed by atoms with van der Waals surface area (Å²) in [4.78, 5) is 4.15. The normalized spacial score (nSPS) is 28.0. The number of allylic oxidation sites excluding steroid dienone is 2. The lowest BCUT2D eigenvalue weighted by Gasteiger charge is -2.23. The van der Waals surface area contributed by atoms with Gasteiger partial charge in [-0.15, -0.1) is 0 Å². The van der Waals surface area contributed by atoms with E-state index in [1.807, 2.05) is 25.3 Å². The second-order valence-corrected chi connectivity index (χ2v) is 6.11. The molecule has 0 unspecified atom stereocenters. The van der Waals surface area contributed by atoms with Gasteiger partial charge in [-0.1, -0.05) is 30.9 Å². The van der Waals surface area contributed by atoms with E-state index in [2.05, 4.69) is 35.1 Å². The fourth-order valence-corrected chi connectivity index (χ4v) is 3.60. The molecule has 0 aromatic heterocycles. The number of para-hydroxylation sites is 1. The van der Waals surface area contributed by atoms with Crippen molar-refractivity contribution in [3.63, 3.8) is 0 Å². The monoisotopic (exact) mass is 296 g/mol. The van der Waals surface area contributed by atoms with Gasteiger partial charge in [0.25, 0.3) is 0 Å². The first kappa shape index (κ1) is 15.0. The van der Waals surface area contributed by atoms with Crippen LogP contribution in [0, 0.1) is 11.8 Å². The first-order valence-corrected chi connectivity index (χ1v) is 8.09. The van der Waals surface area contributed by atoms with E-state index in [-0.39, 0.29) is 0 Å². The van der Waals surface area contributed by atoms with E-state index in [0.717, 1.165) is 42.3 Å². The summed E-state index contributed by atoms with van der Waals surface area (Å²) < 4.78 is 6.41. The van der Waals surface area contributed by atoms with Crippen LogP contribution in [0.25, 0.3) is 5.57 Å². The zero-order valence-corrected chi connectivity index (χ0v) is 13.2. The maximum Gasteiger partial charge on any atom is 0.127 e. The number of rotatable bonds is 5. The highest BCUT2D eigenvalue weighted by Gasteiger charge is 2.38. The van der Waals surface area contributed by atoms with Crippen LogP contribution < -0.4 is 10.1 Å². The second-order valence-electron chi connectivity index (χ2n) is 6.11. The SMILES string of the molecule is C=C/N=C\C(=C/C)c1ccccc1O[C@H]1C[C@@H]2CNC[C@H]1C2. The number of piperidine rings is 1. The number of hydrogen-bond acceptors (Lipinski definition) is 3. The van der Waals surface area contributed by atoms with Crippen molar-refractivity contribution in [2.24, 2.45) is 16.8 Å². The summed E-state index contributed by atoms with van der Waals surface area (Å²) in [5.41, 5.74) is 2.17. The third-order valence-corrected chi connectivity index (χ3v) is 4.67. The van der Waals surface area contributed by atoms with Crippen LogP contribution in [0.5, 0.6) is 5.75 Å². The van der Waals surface area contributed by atoms with Crippen molar-refractivity contribution in [3.8, 4) is 5.75 Å². The van der Waals surface area contributed by atoms with Gasteiger partial charge in [0.2, 0.25) is 0 Å². The van der Waals surface area contributed by atoms with Gasteiger partial charge < -0.3 is 10.1 Å². The standard InChI is InChI=1S/C19H24N2O/c1-3-15(12-20-4-2)17-7-5-6-8-18(17)22-19-10-14-9-16(19)13-21-11-14/h3-8,12,14,16,19,21H,2,9-11,13H2,1H3/b15-3+,20-12-/t14-,16-,19+/m1/s1. The van der Waals surface area contributed by atoms with Gasteiger partial charge in [0.15, 0.2) is 0 Å². The van der Waals surface area contributed by atoms with E-state index in [0.29, 0.717) is 12.0 Å². The molecule has 1 heterocycles. The average molecular weight is 296 g/mol. The Labute approximate surface area is 132 Å². The van der Waals surface area contributed by atoms with E-state index >= 15 is 0 Å². The van der Waals surface area contributed by atoms with Crippen LogP contribution in [-0.2, 0) is 0 Å². The number of benzene rings is 1. The van der Waals surface area contributed by atoms with E-state index in [4.69, 9.17) is 4.74 Å². The van der Waals surface area contributed by atoms with Crippen molar-refractivity contribution in [1.82, 2.24) is 5.32 Å². The van der Waals surface area contributed by atoms with Crippen LogP contribution in [-0.4, -0.2) is 25.4 Å². The second kappa shape index (κ2) is 6.93. The Hall–Kier alpha value is -1.87. The average Bonchev–Trinajstić information content (AvgIpc) is 2.83. The van der Waals surface area contributed by atoms with Crippen molar-refractivity contribution < 1.29 is 4.74 Å². The first-order chi connectivity index (χ1) is 10.8. The van der Waals surface area contributed by atoms with Gasteiger partial charge in [-0.3, -0.25) is 4.99 Å². The zero-order chi connectivity index (χ0) is 15.4. The molecule has 1 aromatic rings. The molecule has 2 fully saturated rings. The highest BCUT2D eigenvalue weighted by Crippen LogP contribution is 2.37. The molecular weight excluding hydrogens is 272 g/mol. The molecule has 2 aliphatic rings. The smallest absolute Gasteiger partial charge is 0.127 e. The van der Waals surface area contributed by atoms with Crippen molar-refractivity contribution in [3.05, 3.63) is 48.7 Å². The molecule has 1 aliphatic carbocycles. The molecule has 1 saturated heterocycles. The number of ether oxygens (including phenoxy) is 1. The summed E-state index contributed by atoms with van der Waals surface area (Å²) in [6.45, 7) is 7.88. The summed E-state index contributed by atoms with van der Waals surface area (Å²) in [6.07, 6.45) is 8.24. The number of aliphatic imine (C=N–C) groups is 1. The predicted octanol–water partition coefficient (Wildman–Crippen LogP) is 3.68. The Morgan fingerprint density at radius 1 is 1.32 bits per heavy atom. The van der Waals surface area contributed by atoms with E-state index < -0.39 is 0 Å². The third-order valence-electron chi connectivity index (χ3n) is 4.67. The molecule has 1 aliphatic heterocycles. The van der Waals surface area contributed by atoms with Crippen LogP contribution in [0.2, 0.25) is 0 Å². The minimum absolute atomic E-state index is 0.329. The summed E-state index contributed by atoms with van der Waals surface area (Å²) in [5.74, 6) is 2.38. The number of fused-ring (bicyclic) bond motifs is 2. The first-order valence-electron chi connectivity index (χ1n) is 8.09. The molecule has 3 heteroatoms. The van der Waals surface area contributed by atoms with Gasteiger partial charge in [-0.25, -0.2) is 0 Å². The van der Waals surface area contributed by atoms with E-state index in [9.17, 15) is 0 Å². The van der Waals surface area contributed by atoms with Gasteiger partial charge in [0.1, 0.15) is 11.9 Å². The van der Waals surface area contributed by atoms with Gasteiger partial charge in [0.05, 0.1) is 0 Å². The van der Waals surface area contributed by atoms with E-state index in [1.165, 1.54) is 6.42 Å². The molecular formula is C19H24N2O. The number of nitrogens with one attached hydrogen (secondary N) is 1. The molecule has 3 nitrogen and oxygen atoms in total. The maximum atomic E-state index is 6.41. The van der Waals surface area contributed by atoms with Crippen LogP contribution in [0.4, 0.5) is 0 Å². The van der Waals surface area contributed by atoms with Crippen LogP contribution in [0.15, 0.2) is 48.1 Å². The summed E-state index contributed by atoms with van der Waals surface area (Å²) >= 11 is 0. The molecule has 0 amide bonds. The lowest BCUT2D eigenvalue weighted by atomic mass is 10.0. The number of nitrogens with zero attached hydrogens (tertiary/aromatic N) is 1. The third kappa shape index (κ3) is 3.14. The minimum Gasteiger partial charge on any atom is -0.489 e. The van der Waals surface area contributed by atoms with Gasteiger partial charge in [0, 0.05) is 30.4 Å². The Kier molecular flexibility index (Phi) is 4.74. The molecule has 3 rings (SSSR count). The topological polar surface area (TPSA) is 33.6 Å². The van der Waals surface area contributed by atoms with Crippen LogP contribution in [0.3, 0.4) is 0 Å². The van der Waals surface area contributed by atoms with Gasteiger partial charge >= 0.3 is 0 Å². The van der Waals surface area contributed by atoms with E-state index in [1.54, 1.807) is 6.20 Å². The Balaban J connectivity index is 1.82. The fraction of sp³-hybridized carbons (Fsp3) is 0.421. The number of hydrogen-bond donors (Lipinski definition) is 1.